The monoisotopic (exact) mass is 265 g/mol. The first-order valence-corrected chi connectivity index (χ1v) is 6.41. The number of benzene rings is 1. The number of anilines is 1. The number of hydrogen-bond donors (Lipinski definition) is 3. The molecule has 0 atom stereocenters. The van der Waals surface area contributed by atoms with Crippen LogP contribution in [-0.2, 0) is 0 Å². The van der Waals surface area contributed by atoms with Crippen molar-refractivity contribution in [2.24, 2.45) is 0 Å². The number of carbonyl (C=O) groups is 2. The summed E-state index contributed by atoms with van der Waals surface area (Å²) in [7, 11) is 0. The Kier molecular flexibility index (Phi) is 5.85. The average Bonchev–Trinajstić information content (AvgIpc) is 2.37. The van der Waals surface area contributed by atoms with E-state index in [2.05, 4.69) is 12.2 Å². The highest BCUT2D eigenvalue weighted by atomic mass is 16.4. The predicted molar refractivity (Wildman–Crippen MR) is 73.0 cm³/mol. The summed E-state index contributed by atoms with van der Waals surface area (Å²) in [4.78, 5) is 22.2. The van der Waals surface area contributed by atoms with Crippen molar-refractivity contribution < 1.29 is 19.8 Å². The molecule has 0 spiro atoms. The SMILES string of the molecule is CCCCCCNc1cccc(C(=O)O)c1C(=O)O. The zero-order valence-corrected chi connectivity index (χ0v) is 11.0. The summed E-state index contributed by atoms with van der Waals surface area (Å²) in [6.45, 7) is 2.76. The van der Waals surface area contributed by atoms with Gasteiger partial charge in [-0.1, -0.05) is 32.3 Å². The summed E-state index contributed by atoms with van der Waals surface area (Å²) in [6, 6.07) is 4.44. The van der Waals surface area contributed by atoms with Crippen LogP contribution in [0.4, 0.5) is 5.69 Å². The Morgan fingerprint density at radius 2 is 1.84 bits per heavy atom. The van der Waals surface area contributed by atoms with Crippen molar-refractivity contribution in [2.45, 2.75) is 32.6 Å². The Labute approximate surface area is 112 Å². The fourth-order valence-corrected chi connectivity index (χ4v) is 1.88. The maximum atomic E-state index is 11.2. The molecule has 0 heterocycles. The second-order valence-electron chi connectivity index (χ2n) is 4.33. The van der Waals surface area contributed by atoms with Gasteiger partial charge < -0.3 is 15.5 Å². The number of rotatable bonds is 8. The van der Waals surface area contributed by atoms with Gasteiger partial charge in [0.05, 0.1) is 11.1 Å². The smallest absolute Gasteiger partial charge is 0.338 e. The summed E-state index contributed by atoms with van der Waals surface area (Å²) in [6.07, 6.45) is 4.28. The quantitative estimate of drug-likeness (QED) is 0.629. The highest BCUT2D eigenvalue weighted by molar-refractivity contribution is 6.05. The van der Waals surface area contributed by atoms with Crippen molar-refractivity contribution in [3.05, 3.63) is 29.3 Å². The minimum Gasteiger partial charge on any atom is -0.478 e. The van der Waals surface area contributed by atoms with Gasteiger partial charge in [0, 0.05) is 12.2 Å². The van der Waals surface area contributed by atoms with Crippen LogP contribution >= 0.6 is 0 Å². The molecule has 19 heavy (non-hydrogen) atoms. The largest absolute Gasteiger partial charge is 0.478 e. The van der Waals surface area contributed by atoms with E-state index in [1.54, 1.807) is 12.1 Å². The lowest BCUT2D eigenvalue weighted by Gasteiger charge is -2.11. The van der Waals surface area contributed by atoms with Crippen molar-refractivity contribution in [2.75, 3.05) is 11.9 Å². The normalized spacial score (nSPS) is 10.2. The molecule has 0 aliphatic rings. The maximum Gasteiger partial charge on any atom is 0.338 e. The van der Waals surface area contributed by atoms with Gasteiger partial charge in [-0.3, -0.25) is 0 Å². The number of hydrogen-bond acceptors (Lipinski definition) is 3. The highest BCUT2D eigenvalue weighted by Crippen LogP contribution is 2.20. The van der Waals surface area contributed by atoms with Gasteiger partial charge in [0.25, 0.3) is 0 Å². The first-order chi connectivity index (χ1) is 9.07. The third-order valence-electron chi connectivity index (χ3n) is 2.85. The van der Waals surface area contributed by atoms with E-state index in [4.69, 9.17) is 10.2 Å². The Hall–Kier alpha value is -2.04. The number of aromatic carboxylic acids is 2. The summed E-state index contributed by atoms with van der Waals surface area (Å²) >= 11 is 0. The van der Waals surface area contributed by atoms with Crippen LogP contribution < -0.4 is 5.32 Å². The van der Waals surface area contributed by atoms with E-state index < -0.39 is 11.9 Å². The minimum atomic E-state index is -1.23. The molecular weight excluding hydrogens is 246 g/mol. The highest BCUT2D eigenvalue weighted by Gasteiger charge is 2.19. The van der Waals surface area contributed by atoms with Gasteiger partial charge in [0.15, 0.2) is 0 Å². The molecule has 3 N–H and O–H groups in total. The van der Waals surface area contributed by atoms with Gasteiger partial charge >= 0.3 is 11.9 Å². The number of carboxylic acids is 2. The van der Waals surface area contributed by atoms with Crippen LogP contribution in [0, 0.1) is 0 Å². The molecule has 0 saturated heterocycles. The van der Waals surface area contributed by atoms with Crippen molar-refractivity contribution >= 4 is 17.6 Å². The number of carboxylic acid groups (broad SMARTS) is 2. The number of unbranched alkanes of at least 4 members (excludes halogenated alkanes) is 3. The molecule has 1 aromatic rings. The van der Waals surface area contributed by atoms with Crippen LogP contribution in [0.3, 0.4) is 0 Å². The van der Waals surface area contributed by atoms with Gasteiger partial charge in [-0.25, -0.2) is 9.59 Å². The first kappa shape index (κ1) is 15.0. The maximum absolute atomic E-state index is 11.2. The molecule has 0 radical (unpaired) electrons. The van der Waals surface area contributed by atoms with E-state index in [0.717, 1.165) is 25.7 Å². The van der Waals surface area contributed by atoms with Crippen LogP contribution in [0.5, 0.6) is 0 Å². The van der Waals surface area contributed by atoms with E-state index in [1.165, 1.54) is 6.07 Å². The molecule has 0 aromatic heterocycles. The molecular formula is C14H19NO4. The third-order valence-corrected chi connectivity index (χ3v) is 2.85. The zero-order valence-electron chi connectivity index (χ0n) is 11.0. The molecule has 0 aliphatic heterocycles. The Morgan fingerprint density at radius 1 is 1.11 bits per heavy atom. The molecule has 1 rings (SSSR count). The van der Waals surface area contributed by atoms with Crippen LogP contribution in [0.25, 0.3) is 0 Å². The second kappa shape index (κ2) is 7.41. The summed E-state index contributed by atoms with van der Waals surface area (Å²) in [5.74, 6) is -2.46. The van der Waals surface area contributed by atoms with Gasteiger partial charge in [0.1, 0.15) is 0 Å². The Morgan fingerprint density at radius 3 is 2.42 bits per heavy atom. The van der Waals surface area contributed by atoms with E-state index in [-0.39, 0.29) is 11.1 Å². The fraction of sp³-hybridized carbons (Fsp3) is 0.429. The standard InChI is InChI=1S/C14H19NO4/c1-2-3-4-5-9-15-11-8-6-7-10(13(16)17)12(11)14(18)19/h6-8,15H,2-5,9H2,1H3,(H,16,17)(H,18,19). The predicted octanol–water partition coefficient (Wildman–Crippen LogP) is 3.08. The average molecular weight is 265 g/mol. The molecule has 0 amide bonds. The second-order valence-corrected chi connectivity index (χ2v) is 4.33. The topological polar surface area (TPSA) is 86.6 Å². The molecule has 0 fully saturated rings. The van der Waals surface area contributed by atoms with Gasteiger partial charge in [-0.05, 0) is 18.6 Å². The van der Waals surface area contributed by atoms with Crippen molar-refractivity contribution in [1.82, 2.24) is 0 Å². The fourth-order valence-electron chi connectivity index (χ4n) is 1.88. The van der Waals surface area contributed by atoms with Gasteiger partial charge in [-0.15, -0.1) is 0 Å². The molecule has 0 aliphatic carbocycles. The van der Waals surface area contributed by atoms with Crippen LogP contribution in [-0.4, -0.2) is 28.7 Å². The van der Waals surface area contributed by atoms with E-state index >= 15 is 0 Å². The molecule has 5 nitrogen and oxygen atoms in total. The molecule has 0 saturated carbocycles. The zero-order chi connectivity index (χ0) is 14.3. The Bertz CT molecular complexity index is 457. The van der Waals surface area contributed by atoms with Crippen LogP contribution in [0.2, 0.25) is 0 Å². The summed E-state index contributed by atoms with van der Waals surface area (Å²) in [5.41, 5.74) is 0.000415. The molecule has 1 aromatic carbocycles. The summed E-state index contributed by atoms with van der Waals surface area (Å²) in [5, 5.41) is 21.1. The number of nitrogens with one attached hydrogen (secondary N) is 1. The molecule has 5 heteroatoms. The lowest BCUT2D eigenvalue weighted by molar-refractivity contribution is 0.0652. The lowest BCUT2D eigenvalue weighted by Crippen LogP contribution is -2.13. The molecule has 0 unspecified atom stereocenters. The van der Waals surface area contributed by atoms with E-state index in [1.807, 2.05) is 0 Å². The molecule has 104 valence electrons. The Balaban J connectivity index is 2.80. The van der Waals surface area contributed by atoms with Crippen molar-refractivity contribution in [3.8, 4) is 0 Å². The third kappa shape index (κ3) is 4.28. The lowest BCUT2D eigenvalue weighted by atomic mass is 10.1. The van der Waals surface area contributed by atoms with Gasteiger partial charge in [0.2, 0.25) is 0 Å². The minimum absolute atomic E-state index is 0.175. The molecule has 0 bridgehead atoms. The van der Waals surface area contributed by atoms with Gasteiger partial charge in [-0.2, -0.15) is 0 Å². The van der Waals surface area contributed by atoms with Crippen molar-refractivity contribution in [3.63, 3.8) is 0 Å². The van der Waals surface area contributed by atoms with E-state index in [0.29, 0.717) is 12.2 Å². The van der Waals surface area contributed by atoms with Crippen LogP contribution in [0.15, 0.2) is 18.2 Å². The first-order valence-electron chi connectivity index (χ1n) is 6.41. The van der Waals surface area contributed by atoms with Crippen LogP contribution in [0.1, 0.15) is 53.3 Å². The summed E-state index contributed by atoms with van der Waals surface area (Å²) < 4.78 is 0. The van der Waals surface area contributed by atoms with Crippen molar-refractivity contribution in [1.29, 1.82) is 0 Å². The van der Waals surface area contributed by atoms with E-state index in [9.17, 15) is 9.59 Å².